The molecular formula is C15H18ClFN2O2. The highest BCUT2D eigenvalue weighted by Crippen LogP contribution is 2.50. The molecule has 1 aliphatic rings. The second-order valence-corrected chi connectivity index (χ2v) is 5.96. The standard InChI is InChI=1S/C15H18ClFN2O2/c1-10(20)19(2)8-14(21)18-9-15(5-6-15)12-4-3-11(17)7-13(12)16/h3-4,7H,5-6,8-9H2,1-2H3,(H,18,21). The van der Waals surface area contributed by atoms with Gasteiger partial charge in [-0.25, -0.2) is 4.39 Å². The fourth-order valence-corrected chi connectivity index (χ4v) is 2.63. The molecular weight excluding hydrogens is 295 g/mol. The van der Waals surface area contributed by atoms with Gasteiger partial charge < -0.3 is 10.2 Å². The normalized spacial score (nSPS) is 15.4. The van der Waals surface area contributed by atoms with Gasteiger partial charge in [-0.3, -0.25) is 9.59 Å². The van der Waals surface area contributed by atoms with E-state index in [9.17, 15) is 14.0 Å². The first-order chi connectivity index (χ1) is 9.84. The highest BCUT2D eigenvalue weighted by atomic mass is 35.5. The van der Waals surface area contributed by atoms with Gasteiger partial charge >= 0.3 is 0 Å². The van der Waals surface area contributed by atoms with Crippen LogP contribution >= 0.6 is 11.6 Å². The van der Waals surface area contributed by atoms with Crippen LogP contribution in [-0.4, -0.2) is 36.9 Å². The zero-order valence-corrected chi connectivity index (χ0v) is 12.8. The maximum atomic E-state index is 13.1. The molecule has 0 saturated heterocycles. The van der Waals surface area contributed by atoms with Crippen molar-refractivity contribution in [3.05, 3.63) is 34.6 Å². The van der Waals surface area contributed by atoms with E-state index in [2.05, 4.69) is 5.32 Å². The van der Waals surface area contributed by atoms with Crippen LogP contribution in [-0.2, 0) is 15.0 Å². The van der Waals surface area contributed by atoms with Crippen molar-refractivity contribution in [2.24, 2.45) is 0 Å². The predicted octanol–water partition coefficient (Wildman–Crippen LogP) is 2.11. The number of hydrogen-bond acceptors (Lipinski definition) is 2. The van der Waals surface area contributed by atoms with Crippen molar-refractivity contribution < 1.29 is 14.0 Å². The summed E-state index contributed by atoms with van der Waals surface area (Å²) in [6.07, 6.45) is 1.81. The van der Waals surface area contributed by atoms with Gasteiger partial charge in [0.2, 0.25) is 11.8 Å². The van der Waals surface area contributed by atoms with E-state index in [1.165, 1.54) is 24.0 Å². The number of nitrogens with zero attached hydrogens (tertiary/aromatic N) is 1. The number of hydrogen-bond donors (Lipinski definition) is 1. The van der Waals surface area contributed by atoms with Crippen molar-refractivity contribution in [1.29, 1.82) is 0 Å². The Labute approximate surface area is 128 Å². The Balaban J connectivity index is 1.96. The molecule has 0 spiro atoms. The smallest absolute Gasteiger partial charge is 0.239 e. The summed E-state index contributed by atoms with van der Waals surface area (Å²) < 4.78 is 13.1. The van der Waals surface area contributed by atoms with Crippen molar-refractivity contribution in [2.45, 2.75) is 25.2 Å². The van der Waals surface area contributed by atoms with Crippen molar-refractivity contribution >= 4 is 23.4 Å². The molecule has 2 amide bonds. The third-order valence-corrected chi connectivity index (χ3v) is 4.21. The Morgan fingerprint density at radius 3 is 2.62 bits per heavy atom. The summed E-state index contributed by atoms with van der Waals surface area (Å²) in [7, 11) is 1.58. The zero-order chi connectivity index (χ0) is 15.6. The summed E-state index contributed by atoms with van der Waals surface area (Å²) in [5.74, 6) is -0.739. The van der Waals surface area contributed by atoms with Gasteiger partial charge in [-0.2, -0.15) is 0 Å². The van der Waals surface area contributed by atoms with E-state index in [0.29, 0.717) is 11.6 Å². The summed E-state index contributed by atoms with van der Waals surface area (Å²) in [5.41, 5.74) is 0.667. The first kappa shape index (κ1) is 15.8. The Bertz CT molecular complexity index is 573. The minimum atomic E-state index is -0.369. The Morgan fingerprint density at radius 1 is 1.43 bits per heavy atom. The van der Waals surface area contributed by atoms with Crippen LogP contribution in [0, 0.1) is 5.82 Å². The molecule has 2 rings (SSSR count). The van der Waals surface area contributed by atoms with Crippen LogP contribution < -0.4 is 5.32 Å². The third-order valence-electron chi connectivity index (χ3n) is 3.90. The maximum Gasteiger partial charge on any atom is 0.239 e. The lowest BCUT2D eigenvalue weighted by Gasteiger charge is -2.20. The van der Waals surface area contributed by atoms with Gasteiger partial charge in [0.1, 0.15) is 5.82 Å². The van der Waals surface area contributed by atoms with Crippen molar-refractivity contribution in [1.82, 2.24) is 10.2 Å². The van der Waals surface area contributed by atoms with Gasteiger partial charge in [0.25, 0.3) is 0 Å². The summed E-state index contributed by atoms with van der Waals surface area (Å²) in [4.78, 5) is 24.2. The first-order valence-electron chi connectivity index (χ1n) is 6.78. The molecule has 114 valence electrons. The lowest BCUT2D eigenvalue weighted by molar-refractivity contribution is -0.133. The van der Waals surface area contributed by atoms with E-state index in [4.69, 9.17) is 11.6 Å². The number of nitrogens with one attached hydrogen (secondary N) is 1. The van der Waals surface area contributed by atoms with Crippen LogP contribution in [0.1, 0.15) is 25.3 Å². The number of carbonyl (C=O) groups excluding carboxylic acids is 2. The van der Waals surface area contributed by atoms with Crippen molar-refractivity contribution in [3.8, 4) is 0 Å². The average Bonchev–Trinajstić information content (AvgIpc) is 3.17. The van der Waals surface area contributed by atoms with E-state index in [1.807, 2.05) is 0 Å². The molecule has 1 N–H and O–H groups in total. The molecule has 1 saturated carbocycles. The number of halogens is 2. The number of benzene rings is 1. The van der Waals surface area contributed by atoms with E-state index < -0.39 is 0 Å². The van der Waals surface area contributed by atoms with E-state index in [-0.39, 0.29) is 29.6 Å². The third kappa shape index (κ3) is 3.73. The second-order valence-electron chi connectivity index (χ2n) is 5.56. The van der Waals surface area contributed by atoms with Crippen LogP contribution in [0.2, 0.25) is 5.02 Å². The monoisotopic (exact) mass is 312 g/mol. The van der Waals surface area contributed by atoms with Gasteiger partial charge in [-0.05, 0) is 30.5 Å². The summed E-state index contributed by atoms with van der Waals surface area (Å²) in [6.45, 7) is 1.89. The van der Waals surface area contributed by atoms with E-state index >= 15 is 0 Å². The lowest BCUT2D eigenvalue weighted by Crippen LogP contribution is -2.40. The van der Waals surface area contributed by atoms with Crippen molar-refractivity contribution in [3.63, 3.8) is 0 Å². The molecule has 1 aromatic rings. The van der Waals surface area contributed by atoms with Crippen molar-refractivity contribution in [2.75, 3.05) is 20.1 Å². The summed E-state index contributed by atoms with van der Waals surface area (Å²) in [6, 6.07) is 4.35. The molecule has 0 aromatic heterocycles. The molecule has 0 unspecified atom stereocenters. The van der Waals surface area contributed by atoms with Gasteiger partial charge in [0.05, 0.1) is 6.54 Å². The van der Waals surface area contributed by atoms with Gasteiger partial charge in [-0.1, -0.05) is 17.7 Å². The molecule has 6 heteroatoms. The minimum absolute atomic E-state index is 0.0303. The van der Waals surface area contributed by atoms with Gasteiger partial charge in [0.15, 0.2) is 0 Å². The molecule has 0 heterocycles. The molecule has 1 aliphatic carbocycles. The lowest BCUT2D eigenvalue weighted by atomic mass is 9.95. The Kier molecular flexibility index (Phi) is 4.52. The molecule has 21 heavy (non-hydrogen) atoms. The average molecular weight is 313 g/mol. The fraction of sp³-hybridized carbons (Fsp3) is 0.467. The molecule has 0 radical (unpaired) electrons. The quantitative estimate of drug-likeness (QED) is 0.905. The fourth-order valence-electron chi connectivity index (χ4n) is 2.26. The Morgan fingerprint density at radius 2 is 2.10 bits per heavy atom. The highest BCUT2D eigenvalue weighted by Gasteiger charge is 2.45. The van der Waals surface area contributed by atoms with E-state index in [1.54, 1.807) is 13.1 Å². The molecule has 0 bridgehead atoms. The SMILES string of the molecule is CC(=O)N(C)CC(=O)NCC1(c2ccc(F)cc2Cl)CC1. The molecule has 1 fully saturated rings. The number of carbonyl (C=O) groups is 2. The summed E-state index contributed by atoms with van der Waals surface area (Å²) in [5, 5.41) is 3.22. The van der Waals surface area contributed by atoms with E-state index in [0.717, 1.165) is 18.4 Å². The van der Waals surface area contributed by atoms with Gasteiger partial charge in [-0.15, -0.1) is 0 Å². The molecule has 1 aromatic carbocycles. The minimum Gasteiger partial charge on any atom is -0.354 e. The van der Waals surface area contributed by atoms with Crippen LogP contribution in [0.3, 0.4) is 0 Å². The highest BCUT2D eigenvalue weighted by molar-refractivity contribution is 6.31. The number of rotatable bonds is 5. The topological polar surface area (TPSA) is 49.4 Å². The zero-order valence-electron chi connectivity index (χ0n) is 12.1. The predicted molar refractivity (Wildman–Crippen MR) is 78.6 cm³/mol. The first-order valence-corrected chi connectivity index (χ1v) is 7.16. The molecule has 0 atom stereocenters. The number of likely N-dealkylation sites (N-methyl/N-ethyl adjacent to an activating group) is 1. The van der Waals surface area contributed by atoms with Crippen LogP contribution in [0.15, 0.2) is 18.2 Å². The van der Waals surface area contributed by atoms with Crippen LogP contribution in [0.5, 0.6) is 0 Å². The molecule has 0 aliphatic heterocycles. The second kappa shape index (κ2) is 6.02. The Hall–Kier alpha value is -1.62. The van der Waals surface area contributed by atoms with Gasteiger partial charge in [0, 0.05) is 31.0 Å². The molecule has 4 nitrogen and oxygen atoms in total. The van der Waals surface area contributed by atoms with Crippen LogP contribution in [0.4, 0.5) is 4.39 Å². The van der Waals surface area contributed by atoms with Crippen LogP contribution in [0.25, 0.3) is 0 Å². The maximum absolute atomic E-state index is 13.1. The summed E-state index contributed by atoms with van der Waals surface area (Å²) >= 11 is 6.09. The largest absolute Gasteiger partial charge is 0.354 e. The number of amides is 2.